The second-order valence-electron chi connectivity index (χ2n) is 5.57. The van der Waals surface area contributed by atoms with Gasteiger partial charge in [-0.25, -0.2) is 0 Å². The molecule has 0 saturated carbocycles. The molecule has 0 aliphatic rings. The third-order valence-electron chi connectivity index (χ3n) is 3.38. The molecule has 0 spiro atoms. The second-order valence-corrected chi connectivity index (χ2v) is 5.57. The highest BCUT2D eigenvalue weighted by Crippen LogP contribution is 2.19. The Bertz CT molecular complexity index is 808. The van der Waals surface area contributed by atoms with E-state index in [0.717, 1.165) is 11.1 Å². The summed E-state index contributed by atoms with van der Waals surface area (Å²) in [5, 5.41) is 13.8. The van der Waals surface area contributed by atoms with Crippen molar-refractivity contribution in [3.8, 4) is 11.8 Å². The number of nitrogens with zero attached hydrogens (tertiary/aromatic N) is 1. The van der Waals surface area contributed by atoms with Crippen molar-refractivity contribution in [3.05, 3.63) is 53.6 Å². The van der Waals surface area contributed by atoms with E-state index in [-0.39, 0.29) is 24.8 Å². The first-order chi connectivity index (χ1) is 12.0. The molecule has 2 aromatic carbocycles. The number of amides is 2. The van der Waals surface area contributed by atoms with Gasteiger partial charge in [-0.2, -0.15) is 5.26 Å². The number of carbonyl (C=O) groups excluding carboxylic acids is 2. The van der Waals surface area contributed by atoms with Crippen molar-refractivity contribution in [2.24, 2.45) is 0 Å². The quantitative estimate of drug-likeness (QED) is 0.847. The summed E-state index contributed by atoms with van der Waals surface area (Å²) in [5.41, 5.74) is 3.26. The summed E-state index contributed by atoms with van der Waals surface area (Å²) >= 11 is 0. The molecule has 2 amide bonds. The zero-order valence-electron chi connectivity index (χ0n) is 14.1. The zero-order chi connectivity index (χ0) is 18.2. The van der Waals surface area contributed by atoms with Gasteiger partial charge in [0.1, 0.15) is 12.2 Å². The molecule has 0 unspecified atom stereocenters. The van der Waals surface area contributed by atoms with Crippen LogP contribution in [0.25, 0.3) is 0 Å². The number of anilines is 2. The lowest BCUT2D eigenvalue weighted by Gasteiger charge is -2.10. The van der Waals surface area contributed by atoms with Crippen molar-refractivity contribution in [2.75, 3.05) is 17.2 Å². The van der Waals surface area contributed by atoms with Crippen molar-refractivity contribution in [3.63, 3.8) is 0 Å². The molecule has 0 saturated heterocycles. The fourth-order valence-corrected chi connectivity index (χ4v) is 2.22. The van der Waals surface area contributed by atoms with Gasteiger partial charge in [0.25, 0.3) is 5.91 Å². The fraction of sp³-hybridized carbons (Fsp3) is 0.211. The Labute approximate surface area is 146 Å². The average molecular weight is 337 g/mol. The molecule has 0 aromatic heterocycles. The van der Waals surface area contributed by atoms with Crippen LogP contribution in [0, 0.1) is 25.2 Å². The summed E-state index contributed by atoms with van der Waals surface area (Å²) in [6.45, 7) is 3.83. The van der Waals surface area contributed by atoms with Crippen LogP contribution in [0.3, 0.4) is 0 Å². The van der Waals surface area contributed by atoms with Gasteiger partial charge in [-0.1, -0.05) is 17.7 Å². The van der Waals surface area contributed by atoms with E-state index < -0.39 is 0 Å². The van der Waals surface area contributed by atoms with Crippen LogP contribution in [0.2, 0.25) is 0 Å². The van der Waals surface area contributed by atoms with Crippen LogP contribution in [-0.4, -0.2) is 18.4 Å². The first-order valence-electron chi connectivity index (χ1n) is 7.74. The van der Waals surface area contributed by atoms with Gasteiger partial charge in [0, 0.05) is 11.4 Å². The predicted octanol–water partition coefficient (Wildman–Crippen LogP) is 3.17. The number of nitriles is 1. The van der Waals surface area contributed by atoms with Crippen LogP contribution in [0.5, 0.6) is 5.75 Å². The van der Waals surface area contributed by atoms with Crippen molar-refractivity contribution >= 4 is 23.2 Å². The molecule has 6 nitrogen and oxygen atoms in total. The maximum Gasteiger partial charge on any atom is 0.262 e. The third kappa shape index (κ3) is 5.66. The van der Waals surface area contributed by atoms with Gasteiger partial charge in [0.05, 0.1) is 6.07 Å². The SMILES string of the molecule is Cc1ccc(OCC(=O)Nc2ccc(NC(=O)CC#N)cc2)c(C)c1. The van der Waals surface area contributed by atoms with E-state index in [4.69, 9.17) is 10.00 Å². The van der Waals surface area contributed by atoms with Crippen molar-refractivity contribution in [2.45, 2.75) is 20.3 Å². The Morgan fingerprint density at radius 1 is 1.00 bits per heavy atom. The molecule has 0 fully saturated rings. The minimum Gasteiger partial charge on any atom is -0.483 e. The topological polar surface area (TPSA) is 91.2 Å². The number of nitrogens with one attached hydrogen (secondary N) is 2. The first kappa shape index (κ1) is 18.0. The van der Waals surface area contributed by atoms with Gasteiger partial charge in [-0.15, -0.1) is 0 Å². The van der Waals surface area contributed by atoms with Crippen LogP contribution >= 0.6 is 0 Å². The van der Waals surface area contributed by atoms with Gasteiger partial charge in [0.2, 0.25) is 5.91 Å². The predicted molar refractivity (Wildman–Crippen MR) is 95.3 cm³/mol. The molecule has 128 valence electrons. The average Bonchev–Trinajstić information content (AvgIpc) is 2.56. The lowest BCUT2D eigenvalue weighted by Crippen LogP contribution is -2.20. The standard InChI is InChI=1S/C19H19N3O3/c1-13-3-8-17(14(2)11-13)25-12-19(24)22-16-6-4-15(5-7-16)21-18(23)9-10-20/h3-8,11H,9,12H2,1-2H3,(H,21,23)(H,22,24). The molecule has 0 aliphatic carbocycles. The molecular formula is C19H19N3O3. The van der Waals surface area contributed by atoms with Gasteiger partial charge in [0.15, 0.2) is 6.61 Å². The van der Waals surface area contributed by atoms with Gasteiger partial charge < -0.3 is 15.4 Å². The molecule has 0 aliphatic heterocycles. The summed E-state index contributed by atoms with van der Waals surface area (Å²) in [5.74, 6) is 0.0266. The minimum absolute atomic E-state index is 0.0927. The highest BCUT2D eigenvalue weighted by atomic mass is 16.5. The molecule has 2 N–H and O–H groups in total. The maximum atomic E-state index is 12.0. The number of ether oxygens (including phenoxy) is 1. The third-order valence-corrected chi connectivity index (χ3v) is 3.38. The van der Waals surface area contributed by atoms with Crippen LogP contribution in [0.1, 0.15) is 17.5 Å². The van der Waals surface area contributed by atoms with Crippen LogP contribution in [0.4, 0.5) is 11.4 Å². The van der Waals surface area contributed by atoms with Crippen molar-refractivity contribution in [1.29, 1.82) is 5.26 Å². The van der Waals surface area contributed by atoms with Crippen LogP contribution in [0.15, 0.2) is 42.5 Å². The summed E-state index contributed by atoms with van der Waals surface area (Å²) in [4.78, 5) is 23.3. The van der Waals surface area contributed by atoms with Crippen molar-refractivity contribution < 1.29 is 14.3 Å². The summed E-state index contributed by atoms with van der Waals surface area (Å²) in [7, 11) is 0. The van der Waals surface area contributed by atoms with Gasteiger partial charge >= 0.3 is 0 Å². The van der Waals surface area contributed by atoms with E-state index in [0.29, 0.717) is 17.1 Å². The van der Waals surface area contributed by atoms with E-state index in [2.05, 4.69) is 10.6 Å². The normalized spacial score (nSPS) is 9.80. The number of hydrogen-bond acceptors (Lipinski definition) is 4. The molecule has 0 bridgehead atoms. The Hall–Kier alpha value is -3.33. The van der Waals surface area contributed by atoms with Crippen LogP contribution in [-0.2, 0) is 9.59 Å². The Balaban J connectivity index is 1.86. The zero-order valence-corrected chi connectivity index (χ0v) is 14.1. The number of hydrogen-bond donors (Lipinski definition) is 2. The Morgan fingerprint density at radius 2 is 1.60 bits per heavy atom. The van der Waals surface area contributed by atoms with E-state index in [1.807, 2.05) is 32.0 Å². The van der Waals surface area contributed by atoms with Gasteiger partial charge in [-0.05, 0) is 49.7 Å². The number of aryl methyl sites for hydroxylation is 2. The minimum atomic E-state index is -0.374. The lowest BCUT2D eigenvalue weighted by atomic mass is 10.1. The summed E-state index contributed by atoms with van der Waals surface area (Å²) < 4.78 is 5.53. The molecule has 0 radical (unpaired) electrons. The van der Waals surface area contributed by atoms with Gasteiger partial charge in [-0.3, -0.25) is 9.59 Å². The molecule has 2 aromatic rings. The maximum absolute atomic E-state index is 12.0. The first-order valence-corrected chi connectivity index (χ1v) is 7.74. The van der Waals surface area contributed by atoms with E-state index in [1.165, 1.54) is 0 Å². The summed E-state index contributed by atoms with van der Waals surface area (Å²) in [6.07, 6.45) is -0.200. The highest BCUT2D eigenvalue weighted by molar-refractivity contribution is 5.94. The van der Waals surface area contributed by atoms with Crippen LogP contribution < -0.4 is 15.4 Å². The molecule has 25 heavy (non-hydrogen) atoms. The summed E-state index contributed by atoms with van der Waals surface area (Å²) in [6, 6.07) is 14.2. The highest BCUT2D eigenvalue weighted by Gasteiger charge is 2.06. The molecule has 2 rings (SSSR count). The van der Waals surface area contributed by atoms with Crippen molar-refractivity contribution in [1.82, 2.24) is 0 Å². The largest absolute Gasteiger partial charge is 0.483 e. The molecular weight excluding hydrogens is 318 g/mol. The smallest absolute Gasteiger partial charge is 0.262 e. The molecule has 0 heterocycles. The monoisotopic (exact) mass is 337 g/mol. The Morgan fingerprint density at radius 3 is 2.16 bits per heavy atom. The number of benzene rings is 2. The van der Waals surface area contributed by atoms with E-state index in [9.17, 15) is 9.59 Å². The number of carbonyl (C=O) groups is 2. The molecule has 6 heteroatoms. The number of rotatable bonds is 6. The molecule has 0 atom stereocenters. The Kier molecular flexibility index (Phi) is 6.13. The second kappa shape index (κ2) is 8.50. The lowest BCUT2D eigenvalue weighted by molar-refractivity contribution is -0.118. The van der Waals surface area contributed by atoms with E-state index >= 15 is 0 Å². The fourth-order valence-electron chi connectivity index (χ4n) is 2.22. The van der Waals surface area contributed by atoms with E-state index in [1.54, 1.807) is 30.3 Å².